The van der Waals surface area contributed by atoms with Crippen molar-refractivity contribution in [3.63, 3.8) is 0 Å². The summed E-state index contributed by atoms with van der Waals surface area (Å²) >= 11 is 5.03. The average molecular weight is 424 g/mol. The summed E-state index contributed by atoms with van der Waals surface area (Å²) in [5, 5.41) is 2.60. The Bertz CT molecular complexity index is 851. The Hall–Kier alpha value is -2.61. The first-order valence-corrected chi connectivity index (χ1v) is 9.60. The molecule has 0 radical (unpaired) electrons. The highest BCUT2D eigenvalue weighted by Crippen LogP contribution is 2.30. The minimum Gasteiger partial charge on any atom is -0.331 e. The van der Waals surface area contributed by atoms with E-state index in [1.807, 2.05) is 24.3 Å². The first-order chi connectivity index (χ1) is 13.6. The maximum Gasteiger partial charge on any atom is 0.416 e. The maximum absolute atomic E-state index is 12.8. The van der Waals surface area contributed by atoms with Gasteiger partial charge in [0, 0.05) is 5.69 Å². The quantitative estimate of drug-likeness (QED) is 0.467. The second-order valence-corrected chi connectivity index (χ2v) is 7.62. The highest BCUT2D eigenvalue weighted by atomic mass is 32.1. The van der Waals surface area contributed by atoms with E-state index in [0.717, 1.165) is 24.1 Å². The normalized spacial score (nSPS) is 12.4. The fourth-order valence-corrected chi connectivity index (χ4v) is 2.90. The van der Waals surface area contributed by atoms with Crippen molar-refractivity contribution in [3.8, 4) is 0 Å². The molecule has 0 spiro atoms. The minimum atomic E-state index is -4.44. The standard InChI is InChI=1S/C21H24F3N3OS/c1-13(2)11-15-7-9-16(10-8-15)14(3)19(28)26-27-20(29)25-18-6-4-5-17(12-18)21(22,23)24/h4-10,12-14H,11H2,1-3H3,(H,26,28)(H2,25,27,29). The maximum atomic E-state index is 12.8. The molecule has 0 saturated heterocycles. The van der Waals surface area contributed by atoms with Crippen molar-refractivity contribution in [3.05, 3.63) is 65.2 Å². The molecule has 8 heteroatoms. The molecule has 0 bridgehead atoms. The summed E-state index contributed by atoms with van der Waals surface area (Å²) in [6.07, 6.45) is -3.47. The Morgan fingerprint density at radius 1 is 1.03 bits per heavy atom. The number of hydrogen-bond donors (Lipinski definition) is 3. The Labute approximate surface area is 173 Å². The number of amides is 1. The number of benzene rings is 2. The fourth-order valence-electron chi connectivity index (χ4n) is 2.73. The number of nitrogens with one attached hydrogen (secondary N) is 3. The Kier molecular flexibility index (Phi) is 7.61. The van der Waals surface area contributed by atoms with Crippen LogP contribution in [0.3, 0.4) is 0 Å². The molecule has 4 nitrogen and oxygen atoms in total. The third kappa shape index (κ3) is 7.05. The van der Waals surface area contributed by atoms with Crippen molar-refractivity contribution in [1.82, 2.24) is 10.9 Å². The zero-order valence-electron chi connectivity index (χ0n) is 16.4. The molecule has 3 N–H and O–H groups in total. The van der Waals surface area contributed by atoms with Gasteiger partial charge in [0.15, 0.2) is 5.11 Å². The Morgan fingerprint density at radius 2 is 1.69 bits per heavy atom. The lowest BCUT2D eigenvalue weighted by molar-refractivity contribution is -0.137. The van der Waals surface area contributed by atoms with Crippen molar-refractivity contribution in [2.75, 3.05) is 5.32 Å². The number of carbonyl (C=O) groups is 1. The lowest BCUT2D eigenvalue weighted by atomic mass is 9.96. The van der Waals surface area contributed by atoms with Gasteiger partial charge >= 0.3 is 6.18 Å². The third-order valence-corrected chi connectivity index (χ3v) is 4.47. The molecule has 0 aromatic heterocycles. The summed E-state index contributed by atoms with van der Waals surface area (Å²) in [5.41, 5.74) is 6.44. The number of thiocarbonyl (C=S) groups is 1. The van der Waals surface area contributed by atoms with Crippen molar-refractivity contribution < 1.29 is 18.0 Å². The summed E-state index contributed by atoms with van der Waals surface area (Å²) in [6.45, 7) is 6.05. The van der Waals surface area contributed by atoms with E-state index < -0.39 is 17.7 Å². The van der Waals surface area contributed by atoms with Crippen LogP contribution in [0.2, 0.25) is 0 Å². The van der Waals surface area contributed by atoms with Crippen molar-refractivity contribution in [2.45, 2.75) is 39.3 Å². The lowest BCUT2D eigenvalue weighted by Gasteiger charge is -2.16. The van der Waals surface area contributed by atoms with Gasteiger partial charge in [0.2, 0.25) is 5.91 Å². The van der Waals surface area contributed by atoms with Gasteiger partial charge < -0.3 is 5.32 Å². The van der Waals surface area contributed by atoms with Crippen LogP contribution >= 0.6 is 12.2 Å². The van der Waals surface area contributed by atoms with Crippen LogP contribution in [0, 0.1) is 5.92 Å². The van der Waals surface area contributed by atoms with Gasteiger partial charge in [-0.3, -0.25) is 15.6 Å². The van der Waals surface area contributed by atoms with Gasteiger partial charge in [0.1, 0.15) is 0 Å². The van der Waals surface area contributed by atoms with E-state index in [-0.39, 0.29) is 16.7 Å². The molecule has 0 aliphatic rings. The molecule has 156 valence electrons. The van der Waals surface area contributed by atoms with Crippen LogP contribution in [0.4, 0.5) is 18.9 Å². The predicted molar refractivity (Wildman–Crippen MR) is 112 cm³/mol. The number of hydrazine groups is 1. The highest BCUT2D eigenvalue weighted by Gasteiger charge is 2.30. The molecule has 0 fully saturated rings. The van der Waals surface area contributed by atoms with E-state index in [1.54, 1.807) is 6.92 Å². The number of rotatable bonds is 5. The molecular weight excluding hydrogens is 399 g/mol. The summed E-state index contributed by atoms with van der Waals surface area (Å²) in [6, 6.07) is 12.5. The summed E-state index contributed by atoms with van der Waals surface area (Å²) in [7, 11) is 0. The topological polar surface area (TPSA) is 53.2 Å². The van der Waals surface area contributed by atoms with Gasteiger partial charge in [-0.1, -0.05) is 44.2 Å². The molecule has 2 aromatic rings. The third-order valence-electron chi connectivity index (χ3n) is 4.26. The Morgan fingerprint density at radius 3 is 2.28 bits per heavy atom. The van der Waals surface area contributed by atoms with E-state index in [2.05, 4.69) is 30.0 Å². The van der Waals surface area contributed by atoms with Crippen LogP contribution in [-0.4, -0.2) is 11.0 Å². The van der Waals surface area contributed by atoms with Crippen molar-refractivity contribution in [2.24, 2.45) is 5.92 Å². The van der Waals surface area contributed by atoms with Gasteiger partial charge in [0.25, 0.3) is 0 Å². The van der Waals surface area contributed by atoms with Crippen molar-refractivity contribution in [1.29, 1.82) is 0 Å². The van der Waals surface area contributed by atoms with Gasteiger partial charge in [-0.05, 0) is 60.8 Å². The van der Waals surface area contributed by atoms with E-state index in [9.17, 15) is 18.0 Å². The number of halogens is 3. The second-order valence-electron chi connectivity index (χ2n) is 7.21. The van der Waals surface area contributed by atoms with Gasteiger partial charge in [-0.2, -0.15) is 13.2 Å². The monoisotopic (exact) mass is 423 g/mol. The summed E-state index contributed by atoms with van der Waals surface area (Å²) in [5.74, 6) is -0.183. The number of anilines is 1. The predicted octanol–water partition coefficient (Wildman–Crippen LogP) is 5.03. The summed E-state index contributed by atoms with van der Waals surface area (Å²) in [4.78, 5) is 12.3. The van der Waals surface area contributed by atoms with E-state index in [1.165, 1.54) is 17.7 Å². The van der Waals surface area contributed by atoms with Crippen molar-refractivity contribution >= 4 is 28.9 Å². The SMILES string of the molecule is CC(C)Cc1ccc(C(C)C(=O)NNC(=S)Nc2cccc(C(F)(F)F)c2)cc1. The molecular formula is C21H24F3N3OS. The molecule has 0 heterocycles. The minimum absolute atomic E-state index is 0.0165. The molecule has 1 amide bonds. The summed E-state index contributed by atoms with van der Waals surface area (Å²) < 4.78 is 38.3. The molecule has 1 unspecified atom stereocenters. The number of carbonyl (C=O) groups excluding carboxylic acids is 1. The van der Waals surface area contributed by atoms with E-state index in [4.69, 9.17) is 12.2 Å². The number of alkyl halides is 3. The van der Waals surface area contributed by atoms with Crippen LogP contribution in [0.1, 0.15) is 43.4 Å². The zero-order valence-corrected chi connectivity index (χ0v) is 17.2. The first kappa shape index (κ1) is 22.7. The smallest absolute Gasteiger partial charge is 0.331 e. The second kappa shape index (κ2) is 9.73. The highest BCUT2D eigenvalue weighted by molar-refractivity contribution is 7.80. The van der Waals surface area contributed by atoms with E-state index in [0.29, 0.717) is 5.92 Å². The molecule has 2 rings (SSSR count). The van der Waals surface area contributed by atoms with E-state index >= 15 is 0 Å². The van der Waals surface area contributed by atoms with Crippen LogP contribution in [0.15, 0.2) is 48.5 Å². The van der Waals surface area contributed by atoms with Gasteiger partial charge in [-0.15, -0.1) is 0 Å². The van der Waals surface area contributed by atoms with Crippen LogP contribution in [0.5, 0.6) is 0 Å². The fraction of sp³-hybridized carbons (Fsp3) is 0.333. The lowest BCUT2D eigenvalue weighted by Crippen LogP contribution is -2.45. The molecule has 29 heavy (non-hydrogen) atoms. The van der Waals surface area contributed by atoms with Gasteiger partial charge in [0.05, 0.1) is 11.5 Å². The van der Waals surface area contributed by atoms with Gasteiger partial charge in [-0.25, -0.2) is 0 Å². The molecule has 0 saturated carbocycles. The molecule has 0 aliphatic carbocycles. The first-order valence-electron chi connectivity index (χ1n) is 9.19. The largest absolute Gasteiger partial charge is 0.416 e. The Balaban J connectivity index is 1.89. The number of hydrogen-bond acceptors (Lipinski definition) is 2. The average Bonchev–Trinajstić information content (AvgIpc) is 2.65. The molecule has 1 atom stereocenters. The van der Waals surface area contributed by atoms with Crippen LogP contribution in [-0.2, 0) is 17.4 Å². The zero-order chi connectivity index (χ0) is 21.6. The molecule has 2 aromatic carbocycles. The van der Waals surface area contributed by atoms with Crippen LogP contribution in [0.25, 0.3) is 0 Å². The molecule has 0 aliphatic heterocycles. The van der Waals surface area contributed by atoms with Crippen LogP contribution < -0.4 is 16.2 Å².